The zero-order valence-corrected chi connectivity index (χ0v) is 16.7. The van der Waals surface area contributed by atoms with Crippen molar-refractivity contribution in [2.24, 2.45) is 0 Å². The van der Waals surface area contributed by atoms with Crippen molar-refractivity contribution in [3.63, 3.8) is 0 Å². The molecule has 0 aliphatic heterocycles. The first-order valence-electron chi connectivity index (χ1n) is 9.59. The first kappa shape index (κ1) is 17.7. The molecule has 0 radical (unpaired) electrons. The van der Waals surface area contributed by atoms with Crippen LogP contribution in [0.1, 0.15) is 5.56 Å². The van der Waals surface area contributed by atoms with Gasteiger partial charge in [0.2, 0.25) is 0 Å². The maximum atomic E-state index is 6.11. The van der Waals surface area contributed by atoms with E-state index in [-0.39, 0.29) is 0 Å². The number of nitrogens with zero attached hydrogens (tertiary/aromatic N) is 1. The van der Waals surface area contributed by atoms with E-state index in [0.717, 1.165) is 38.6 Å². The Kier molecular flexibility index (Phi) is 4.42. The van der Waals surface area contributed by atoms with Crippen LogP contribution >= 0.6 is 11.6 Å². The average molecular weight is 395 g/mol. The second-order valence-corrected chi connectivity index (χ2v) is 7.71. The van der Waals surface area contributed by atoms with Gasteiger partial charge in [-0.25, -0.2) is 4.98 Å². The molecule has 0 aliphatic carbocycles. The van der Waals surface area contributed by atoms with E-state index in [4.69, 9.17) is 16.6 Å². The monoisotopic (exact) mass is 394 g/mol. The molecule has 4 aromatic carbocycles. The molecule has 0 saturated heterocycles. The van der Waals surface area contributed by atoms with E-state index in [9.17, 15) is 0 Å². The number of imidazole rings is 1. The van der Waals surface area contributed by atoms with Crippen molar-refractivity contribution in [3.05, 3.63) is 102 Å². The summed E-state index contributed by atoms with van der Waals surface area (Å²) in [5.74, 6) is 0.897. The lowest BCUT2D eigenvalue weighted by atomic mass is 9.99. The van der Waals surface area contributed by atoms with Gasteiger partial charge in [-0.2, -0.15) is 0 Å². The zero-order valence-electron chi connectivity index (χ0n) is 16.0. The summed E-state index contributed by atoms with van der Waals surface area (Å²) < 4.78 is 0. The average Bonchev–Trinajstić information content (AvgIpc) is 3.17. The van der Waals surface area contributed by atoms with Crippen LogP contribution in [0, 0.1) is 6.92 Å². The lowest BCUT2D eigenvalue weighted by Gasteiger charge is -2.06. The van der Waals surface area contributed by atoms with Gasteiger partial charge >= 0.3 is 0 Å². The Balaban J connectivity index is 1.42. The number of H-pyrrole nitrogens is 1. The number of benzene rings is 4. The van der Waals surface area contributed by atoms with Crippen molar-refractivity contribution in [1.29, 1.82) is 0 Å². The zero-order chi connectivity index (χ0) is 19.8. The highest BCUT2D eigenvalue weighted by molar-refractivity contribution is 6.30. The number of halogens is 1. The molecule has 0 bridgehead atoms. The van der Waals surface area contributed by atoms with E-state index in [1.165, 1.54) is 16.7 Å². The van der Waals surface area contributed by atoms with Crippen LogP contribution < -0.4 is 0 Å². The molecule has 5 rings (SSSR count). The van der Waals surface area contributed by atoms with Crippen molar-refractivity contribution < 1.29 is 0 Å². The largest absolute Gasteiger partial charge is 0.338 e. The highest BCUT2D eigenvalue weighted by Gasteiger charge is 2.07. The highest BCUT2D eigenvalue weighted by Crippen LogP contribution is 2.28. The smallest absolute Gasteiger partial charge is 0.138 e. The molecule has 0 fully saturated rings. The van der Waals surface area contributed by atoms with E-state index in [1.807, 2.05) is 18.2 Å². The Morgan fingerprint density at radius 3 is 1.93 bits per heavy atom. The van der Waals surface area contributed by atoms with Crippen LogP contribution in [-0.2, 0) is 0 Å². The predicted molar refractivity (Wildman–Crippen MR) is 122 cm³/mol. The van der Waals surface area contributed by atoms with Gasteiger partial charge in [-0.15, -0.1) is 0 Å². The number of aryl methyl sites for hydroxylation is 1. The fourth-order valence-electron chi connectivity index (χ4n) is 3.60. The molecule has 0 spiro atoms. The standard InChI is InChI=1S/C26H19ClN2/c1-17-5-14-24-25(15-17)29-26(28-24)21-12-10-19(11-13-21)18-6-8-20(9-7-18)22-3-2-4-23(27)16-22/h2-16H,1H3,(H,28,29). The number of aromatic nitrogens is 2. The second-order valence-electron chi connectivity index (χ2n) is 7.27. The molecule has 0 saturated carbocycles. The normalized spacial score (nSPS) is 11.1. The van der Waals surface area contributed by atoms with Gasteiger partial charge in [0.05, 0.1) is 11.0 Å². The minimum atomic E-state index is 0.753. The van der Waals surface area contributed by atoms with E-state index < -0.39 is 0 Å². The molecule has 29 heavy (non-hydrogen) atoms. The first-order valence-corrected chi connectivity index (χ1v) is 9.97. The lowest BCUT2D eigenvalue weighted by molar-refractivity contribution is 1.34. The molecule has 0 aliphatic rings. The Hall–Kier alpha value is -3.36. The Morgan fingerprint density at radius 1 is 0.655 bits per heavy atom. The van der Waals surface area contributed by atoms with Gasteiger partial charge in [0, 0.05) is 10.6 Å². The summed E-state index contributed by atoms with van der Waals surface area (Å²) in [5, 5.41) is 0.753. The van der Waals surface area contributed by atoms with E-state index in [0.29, 0.717) is 0 Å². The van der Waals surface area contributed by atoms with Crippen LogP contribution in [0.2, 0.25) is 5.02 Å². The Bertz CT molecular complexity index is 1300. The quantitative estimate of drug-likeness (QED) is 0.336. The summed E-state index contributed by atoms with van der Waals surface area (Å²) in [6.45, 7) is 2.09. The van der Waals surface area contributed by atoms with Crippen LogP contribution in [0.3, 0.4) is 0 Å². The molecular formula is C26H19ClN2. The van der Waals surface area contributed by atoms with Gasteiger partial charge in [0.1, 0.15) is 5.82 Å². The summed E-state index contributed by atoms with van der Waals surface area (Å²) in [5.41, 5.74) is 9.01. The third-order valence-corrected chi connectivity index (χ3v) is 5.41. The van der Waals surface area contributed by atoms with Crippen molar-refractivity contribution in [2.75, 3.05) is 0 Å². The highest BCUT2D eigenvalue weighted by atomic mass is 35.5. The maximum absolute atomic E-state index is 6.11. The summed E-state index contributed by atoms with van der Waals surface area (Å²) >= 11 is 6.11. The molecular weight excluding hydrogens is 376 g/mol. The van der Waals surface area contributed by atoms with Crippen molar-refractivity contribution in [1.82, 2.24) is 9.97 Å². The third kappa shape index (κ3) is 3.55. The molecule has 2 nitrogen and oxygen atoms in total. The number of hydrogen-bond donors (Lipinski definition) is 1. The topological polar surface area (TPSA) is 28.7 Å². The molecule has 5 aromatic rings. The van der Waals surface area contributed by atoms with Gasteiger partial charge < -0.3 is 4.98 Å². The molecule has 0 atom stereocenters. The third-order valence-electron chi connectivity index (χ3n) is 5.17. The van der Waals surface area contributed by atoms with Crippen LogP contribution in [0.5, 0.6) is 0 Å². The number of rotatable bonds is 3. The summed E-state index contributed by atoms with van der Waals surface area (Å²) in [4.78, 5) is 8.13. The van der Waals surface area contributed by atoms with Crippen LogP contribution in [-0.4, -0.2) is 9.97 Å². The second kappa shape index (κ2) is 7.23. The maximum Gasteiger partial charge on any atom is 0.138 e. The van der Waals surface area contributed by atoms with Crippen molar-refractivity contribution in [3.8, 4) is 33.6 Å². The van der Waals surface area contributed by atoms with Gasteiger partial charge in [-0.1, -0.05) is 78.3 Å². The van der Waals surface area contributed by atoms with E-state index in [1.54, 1.807) is 0 Å². The van der Waals surface area contributed by atoms with Crippen LogP contribution in [0.25, 0.3) is 44.7 Å². The minimum Gasteiger partial charge on any atom is -0.338 e. The molecule has 1 aromatic heterocycles. The SMILES string of the molecule is Cc1ccc2nc(-c3ccc(-c4ccc(-c5cccc(Cl)c5)cc4)cc3)[nH]c2c1. The molecule has 1 heterocycles. The van der Waals surface area contributed by atoms with Crippen molar-refractivity contribution in [2.45, 2.75) is 6.92 Å². The lowest BCUT2D eigenvalue weighted by Crippen LogP contribution is -1.83. The molecule has 1 N–H and O–H groups in total. The first-order chi connectivity index (χ1) is 14.2. The van der Waals surface area contributed by atoms with Gasteiger partial charge in [-0.05, 0) is 59.0 Å². The van der Waals surface area contributed by atoms with E-state index >= 15 is 0 Å². The molecule has 0 unspecified atom stereocenters. The predicted octanol–water partition coefficient (Wildman–Crippen LogP) is 7.53. The number of fused-ring (bicyclic) bond motifs is 1. The van der Waals surface area contributed by atoms with Gasteiger partial charge in [0.15, 0.2) is 0 Å². The summed E-state index contributed by atoms with van der Waals surface area (Å²) in [6.07, 6.45) is 0. The van der Waals surface area contributed by atoms with Crippen molar-refractivity contribution >= 4 is 22.6 Å². The summed E-state index contributed by atoms with van der Waals surface area (Å²) in [7, 11) is 0. The fraction of sp³-hybridized carbons (Fsp3) is 0.0385. The molecule has 3 heteroatoms. The van der Waals surface area contributed by atoms with Crippen LogP contribution in [0.15, 0.2) is 91.0 Å². The summed E-state index contributed by atoms with van der Waals surface area (Å²) in [6, 6.07) is 31.3. The number of nitrogens with one attached hydrogen (secondary N) is 1. The Labute approximate surface area is 174 Å². The van der Waals surface area contributed by atoms with Gasteiger partial charge in [-0.3, -0.25) is 0 Å². The minimum absolute atomic E-state index is 0.753. The number of hydrogen-bond acceptors (Lipinski definition) is 1. The Morgan fingerprint density at radius 2 is 1.28 bits per heavy atom. The molecule has 0 amide bonds. The molecule has 140 valence electrons. The van der Waals surface area contributed by atoms with E-state index in [2.05, 4.69) is 84.7 Å². The number of aromatic amines is 1. The van der Waals surface area contributed by atoms with Gasteiger partial charge in [0.25, 0.3) is 0 Å². The fourth-order valence-corrected chi connectivity index (χ4v) is 3.79. The van der Waals surface area contributed by atoms with Crippen LogP contribution in [0.4, 0.5) is 0 Å².